The van der Waals surface area contributed by atoms with Crippen molar-refractivity contribution in [2.75, 3.05) is 0 Å². The zero-order valence-electron chi connectivity index (χ0n) is 6.20. The van der Waals surface area contributed by atoms with Crippen molar-refractivity contribution in [3.8, 4) is 11.3 Å². The normalized spacial score (nSPS) is 10.1. The summed E-state index contributed by atoms with van der Waals surface area (Å²) in [7, 11) is 0. The molecule has 2 rings (SSSR count). The van der Waals surface area contributed by atoms with E-state index < -0.39 is 0 Å². The Morgan fingerprint density at radius 3 is 2.75 bits per heavy atom. The van der Waals surface area contributed by atoms with Gasteiger partial charge in [-0.05, 0) is 28.7 Å². The molecule has 2 nitrogen and oxygen atoms in total. The molecular weight excluding hydrogens is 265 g/mol. The van der Waals surface area contributed by atoms with Gasteiger partial charge in [0.25, 0.3) is 0 Å². The lowest BCUT2D eigenvalue weighted by Crippen LogP contribution is -1.77. The van der Waals surface area contributed by atoms with Gasteiger partial charge in [0.05, 0.1) is 6.20 Å². The molecule has 0 aliphatic heterocycles. The number of benzene rings is 1. The molecule has 0 saturated carbocycles. The minimum Gasteiger partial charge on any atom is -0.443 e. The monoisotopic (exact) mass is 271 g/mol. The van der Waals surface area contributed by atoms with E-state index in [9.17, 15) is 0 Å². The fourth-order valence-corrected chi connectivity index (χ4v) is 1.66. The molecule has 0 aliphatic rings. The van der Waals surface area contributed by atoms with E-state index in [0.717, 1.165) is 11.3 Å². The molecule has 2 aromatic rings. The molecule has 0 aliphatic carbocycles. The second-order valence-corrected chi connectivity index (χ2v) is 3.51. The summed E-state index contributed by atoms with van der Waals surface area (Å²) in [5.41, 5.74) is 1.09. The van der Waals surface area contributed by atoms with Crippen LogP contribution in [0.4, 0.5) is 0 Å². The molecule has 1 aromatic carbocycles. The van der Waals surface area contributed by atoms with E-state index in [1.54, 1.807) is 6.20 Å². The van der Waals surface area contributed by atoms with Crippen LogP contribution in [0, 0.1) is 3.57 Å². The highest BCUT2D eigenvalue weighted by molar-refractivity contribution is 14.1. The Labute approximate surface area is 83.8 Å². The Bertz CT molecular complexity index is 370. The number of rotatable bonds is 1. The van der Waals surface area contributed by atoms with Crippen LogP contribution in [0.15, 0.2) is 41.3 Å². The van der Waals surface area contributed by atoms with E-state index in [1.807, 2.05) is 24.3 Å². The minimum atomic E-state index is 0.819. The fourth-order valence-electron chi connectivity index (χ4n) is 1.01. The van der Waals surface area contributed by atoms with Gasteiger partial charge >= 0.3 is 0 Å². The third-order valence-corrected chi connectivity index (χ3v) is 2.51. The first-order valence-corrected chi connectivity index (χ1v) is 4.59. The molecule has 1 aromatic heterocycles. The summed E-state index contributed by atoms with van der Waals surface area (Å²) in [6.07, 6.45) is 3.16. The highest BCUT2D eigenvalue weighted by Crippen LogP contribution is 2.23. The van der Waals surface area contributed by atoms with Gasteiger partial charge in [0.2, 0.25) is 0 Å². The largest absolute Gasteiger partial charge is 0.443 e. The predicted octanol–water partition coefficient (Wildman–Crippen LogP) is 2.95. The minimum absolute atomic E-state index is 0.819. The molecule has 1 heterocycles. The summed E-state index contributed by atoms with van der Waals surface area (Å²) in [5, 5.41) is 0. The maximum atomic E-state index is 5.18. The quantitative estimate of drug-likeness (QED) is 0.745. The molecular formula is C9H6INO. The van der Waals surface area contributed by atoms with Gasteiger partial charge in [-0.15, -0.1) is 0 Å². The lowest BCUT2D eigenvalue weighted by Gasteiger charge is -1.97. The summed E-state index contributed by atoms with van der Waals surface area (Å²) in [5.74, 6) is 0.819. The maximum Gasteiger partial charge on any atom is 0.181 e. The number of nitrogens with zero attached hydrogens (tertiary/aromatic N) is 1. The first-order chi connectivity index (χ1) is 5.88. The van der Waals surface area contributed by atoms with Gasteiger partial charge in [-0.25, -0.2) is 4.98 Å². The van der Waals surface area contributed by atoms with Gasteiger partial charge in [-0.1, -0.05) is 18.2 Å². The molecule has 0 unspecified atom stereocenters. The van der Waals surface area contributed by atoms with E-state index in [0.29, 0.717) is 0 Å². The van der Waals surface area contributed by atoms with E-state index in [-0.39, 0.29) is 0 Å². The molecule has 0 saturated heterocycles. The predicted molar refractivity (Wildman–Crippen MR) is 54.7 cm³/mol. The van der Waals surface area contributed by atoms with Crippen LogP contribution in [0.25, 0.3) is 11.3 Å². The van der Waals surface area contributed by atoms with E-state index >= 15 is 0 Å². The summed E-state index contributed by atoms with van der Waals surface area (Å²) >= 11 is 2.27. The van der Waals surface area contributed by atoms with Crippen LogP contribution in [0.1, 0.15) is 0 Å². The zero-order valence-corrected chi connectivity index (χ0v) is 8.36. The standard InChI is InChI=1S/C9H6INO/c10-8-4-2-1-3-7(8)9-5-11-6-12-9/h1-6H. The summed E-state index contributed by atoms with van der Waals surface area (Å²) in [6.45, 7) is 0. The van der Waals surface area contributed by atoms with Crippen molar-refractivity contribution in [2.24, 2.45) is 0 Å². The Morgan fingerprint density at radius 1 is 1.25 bits per heavy atom. The molecule has 0 radical (unpaired) electrons. The van der Waals surface area contributed by atoms with Crippen LogP contribution in [0.5, 0.6) is 0 Å². The van der Waals surface area contributed by atoms with Gasteiger partial charge < -0.3 is 4.42 Å². The van der Waals surface area contributed by atoms with Gasteiger partial charge in [-0.3, -0.25) is 0 Å². The van der Waals surface area contributed by atoms with E-state index in [1.165, 1.54) is 9.96 Å². The molecule has 0 amide bonds. The van der Waals surface area contributed by atoms with E-state index in [4.69, 9.17) is 4.42 Å². The highest BCUT2D eigenvalue weighted by Gasteiger charge is 2.03. The Morgan fingerprint density at radius 2 is 2.08 bits per heavy atom. The van der Waals surface area contributed by atoms with Gasteiger partial charge in [-0.2, -0.15) is 0 Å². The van der Waals surface area contributed by atoms with Crippen molar-refractivity contribution in [1.29, 1.82) is 0 Å². The van der Waals surface area contributed by atoms with Crippen molar-refractivity contribution in [3.63, 3.8) is 0 Å². The fraction of sp³-hybridized carbons (Fsp3) is 0. The molecule has 0 fully saturated rings. The van der Waals surface area contributed by atoms with Crippen molar-refractivity contribution in [2.45, 2.75) is 0 Å². The number of aromatic nitrogens is 1. The molecule has 0 atom stereocenters. The molecule has 60 valence electrons. The molecule has 3 heteroatoms. The average Bonchev–Trinajstić information content (AvgIpc) is 2.57. The van der Waals surface area contributed by atoms with Crippen molar-refractivity contribution >= 4 is 22.6 Å². The maximum absolute atomic E-state index is 5.18. The SMILES string of the molecule is Ic1ccccc1-c1cnco1. The van der Waals surface area contributed by atoms with Crippen LogP contribution in [-0.2, 0) is 0 Å². The molecule has 12 heavy (non-hydrogen) atoms. The number of halogens is 1. The highest BCUT2D eigenvalue weighted by atomic mass is 127. The van der Waals surface area contributed by atoms with Gasteiger partial charge in [0.1, 0.15) is 0 Å². The summed E-state index contributed by atoms with van der Waals surface area (Å²) < 4.78 is 6.36. The van der Waals surface area contributed by atoms with Crippen LogP contribution in [0.2, 0.25) is 0 Å². The third-order valence-electron chi connectivity index (χ3n) is 1.57. The van der Waals surface area contributed by atoms with Gasteiger partial charge in [0.15, 0.2) is 12.2 Å². The van der Waals surface area contributed by atoms with Gasteiger partial charge in [0, 0.05) is 9.13 Å². The smallest absolute Gasteiger partial charge is 0.181 e. The van der Waals surface area contributed by atoms with Crippen molar-refractivity contribution < 1.29 is 4.42 Å². The summed E-state index contributed by atoms with van der Waals surface area (Å²) in [4.78, 5) is 3.87. The lowest BCUT2D eigenvalue weighted by atomic mass is 10.2. The topological polar surface area (TPSA) is 26.0 Å². The molecule has 0 N–H and O–H groups in total. The number of hydrogen-bond acceptors (Lipinski definition) is 2. The Balaban J connectivity index is 2.55. The van der Waals surface area contributed by atoms with Crippen LogP contribution >= 0.6 is 22.6 Å². The molecule has 0 spiro atoms. The molecule has 0 bridgehead atoms. The average molecular weight is 271 g/mol. The van der Waals surface area contributed by atoms with Crippen LogP contribution in [0.3, 0.4) is 0 Å². The zero-order chi connectivity index (χ0) is 8.39. The van der Waals surface area contributed by atoms with Crippen LogP contribution < -0.4 is 0 Å². The van der Waals surface area contributed by atoms with Crippen molar-refractivity contribution in [3.05, 3.63) is 40.4 Å². The first kappa shape index (κ1) is 7.79. The second-order valence-electron chi connectivity index (χ2n) is 2.35. The number of hydrogen-bond donors (Lipinski definition) is 0. The first-order valence-electron chi connectivity index (χ1n) is 3.51. The number of oxazole rings is 1. The second kappa shape index (κ2) is 3.26. The van der Waals surface area contributed by atoms with Crippen LogP contribution in [-0.4, -0.2) is 4.98 Å². The lowest BCUT2D eigenvalue weighted by molar-refractivity contribution is 0.571. The third kappa shape index (κ3) is 1.36. The van der Waals surface area contributed by atoms with Crippen molar-refractivity contribution in [1.82, 2.24) is 4.98 Å². The summed E-state index contributed by atoms with van der Waals surface area (Å²) in [6, 6.07) is 8.04. The Hall–Kier alpha value is -0.840. The van der Waals surface area contributed by atoms with E-state index in [2.05, 4.69) is 27.6 Å². The Kier molecular flexibility index (Phi) is 2.12.